The number of rotatable bonds is 5. The Morgan fingerprint density at radius 3 is 2.50 bits per heavy atom. The molecule has 1 atom stereocenters. The molecule has 30 heavy (non-hydrogen) atoms. The van der Waals surface area contributed by atoms with Gasteiger partial charge in [-0.1, -0.05) is 42.5 Å². The number of imide groups is 1. The van der Waals surface area contributed by atoms with E-state index in [1.54, 1.807) is 11.3 Å². The molecule has 1 fully saturated rings. The maximum absolute atomic E-state index is 13.0. The first-order valence-electron chi connectivity index (χ1n) is 10.4. The number of para-hydroxylation sites is 1. The van der Waals surface area contributed by atoms with Gasteiger partial charge in [0.2, 0.25) is 5.91 Å². The van der Waals surface area contributed by atoms with Crippen LogP contribution in [0.4, 0.5) is 4.79 Å². The molecule has 1 saturated heterocycles. The SMILES string of the molecule is CCNC(=O)NC(=O)[C@@H](c1ccccc1)N1CCC(c2nc3ccccc3s2)CC1. The molecule has 3 amide bonds. The van der Waals surface area contributed by atoms with Crippen LogP contribution < -0.4 is 10.6 Å². The third-order valence-electron chi connectivity index (χ3n) is 5.49. The van der Waals surface area contributed by atoms with E-state index in [2.05, 4.69) is 27.7 Å². The number of carbonyl (C=O) groups is 2. The number of fused-ring (bicyclic) bond motifs is 1. The van der Waals surface area contributed by atoms with Crippen LogP contribution in [0.25, 0.3) is 10.2 Å². The Balaban J connectivity index is 1.48. The smallest absolute Gasteiger partial charge is 0.321 e. The summed E-state index contributed by atoms with van der Waals surface area (Å²) < 4.78 is 1.22. The van der Waals surface area contributed by atoms with Gasteiger partial charge in [0, 0.05) is 12.5 Å². The summed E-state index contributed by atoms with van der Waals surface area (Å²) in [6.07, 6.45) is 1.88. The predicted molar refractivity (Wildman–Crippen MR) is 120 cm³/mol. The van der Waals surface area contributed by atoms with Crippen LogP contribution in [0.3, 0.4) is 0 Å². The van der Waals surface area contributed by atoms with Crippen LogP contribution in [-0.2, 0) is 4.79 Å². The van der Waals surface area contributed by atoms with E-state index in [1.807, 2.05) is 49.4 Å². The Morgan fingerprint density at radius 1 is 1.10 bits per heavy atom. The second-order valence-corrected chi connectivity index (χ2v) is 8.55. The number of piperidine rings is 1. The van der Waals surface area contributed by atoms with E-state index in [1.165, 1.54) is 9.71 Å². The highest BCUT2D eigenvalue weighted by atomic mass is 32.1. The number of hydrogen-bond acceptors (Lipinski definition) is 5. The summed E-state index contributed by atoms with van der Waals surface area (Å²) in [6, 6.07) is 17.0. The van der Waals surface area contributed by atoms with Gasteiger partial charge in [-0.3, -0.25) is 15.0 Å². The van der Waals surface area contributed by atoms with Gasteiger partial charge in [0.1, 0.15) is 6.04 Å². The number of hydrogen-bond donors (Lipinski definition) is 2. The normalized spacial score (nSPS) is 16.3. The van der Waals surface area contributed by atoms with Crippen molar-refractivity contribution in [3.63, 3.8) is 0 Å². The number of nitrogens with zero attached hydrogens (tertiary/aromatic N) is 2. The Kier molecular flexibility index (Phi) is 6.40. The molecule has 0 unspecified atom stereocenters. The maximum atomic E-state index is 13.0. The fraction of sp³-hybridized carbons (Fsp3) is 0.348. The lowest BCUT2D eigenvalue weighted by Gasteiger charge is -2.36. The molecule has 1 aliphatic rings. The van der Waals surface area contributed by atoms with Crippen molar-refractivity contribution in [2.24, 2.45) is 0 Å². The Labute approximate surface area is 180 Å². The summed E-state index contributed by atoms with van der Waals surface area (Å²) in [5.41, 5.74) is 1.96. The second kappa shape index (κ2) is 9.36. The van der Waals surface area contributed by atoms with Crippen molar-refractivity contribution in [2.75, 3.05) is 19.6 Å². The van der Waals surface area contributed by atoms with Gasteiger partial charge in [0.15, 0.2) is 0 Å². The van der Waals surface area contributed by atoms with E-state index in [0.29, 0.717) is 12.5 Å². The number of nitrogens with one attached hydrogen (secondary N) is 2. The van der Waals surface area contributed by atoms with Gasteiger partial charge >= 0.3 is 6.03 Å². The number of benzene rings is 2. The molecule has 1 aromatic heterocycles. The average Bonchev–Trinajstić information content (AvgIpc) is 3.19. The summed E-state index contributed by atoms with van der Waals surface area (Å²) in [7, 11) is 0. The third kappa shape index (κ3) is 4.52. The number of urea groups is 1. The molecule has 2 aromatic carbocycles. The van der Waals surface area contributed by atoms with Crippen LogP contribution in [0.5, 0.6) is 0 Å². The molecular formula is C23H26N4O2S. The molecule has 1 aliphatic heterocycles. The van der Waals surface area contributed by atoms with Gasteiger partial charge in [-0.2, -0.15) is 0 Å². The summed E-state index contributed by atoms with van der Waals surface area (Å²) in [5.74, 6) is 0.118. The van der Waals surface area contributed by atoms with Gasteiger partial charge in [0.05, 0.1) is 15.2 Å². The van der Waals surface area contributed by atoms with Crippen molar-refractivity contribution in [1.29, 1.82) is 0 Å². The van der Waals surface area contributed by atoms with Crippen LogP contribution in [0, 0.1) is 0 Å². The number of aromatic nitrogens is 1. The highest BCUT2D eigenvalue weighted by molar-refractivity contribution is 7.18. The first-order chi connectivity index (χ1) is 14.7. The van der Waals surface area contributed by atoms with E-state index >= 15 is 0 Å². The quantitative estimate of drug-likeness (QED) is 0.650. The van der Waals surface area contributed by atoms with E-state index in [9.17, 15) is 9.59 Å². The summed E-state index contributed by atoms with van der Waals surface area (Å²) in [5, 5.41) is 6.31. The van der Waals surface area contributed by atoms with Crippen LogP contribution in [0.2, 0.25) is 0 Å². The Bertz CT molecular complexity index is 979. The Morgan fingerprint density at radius 2 is 1.80 bits per heavy atom. The maximum Gasteiger partial charge on any atom is 0.321 e. The minimum absolute atomic E-state index is 0.286. The summed E-state index contributed by atoms with van der Waals surface area (Å²) >= 11 is 1.77. The number of carbonyl (C=O) groups excluding carboxylic acids is 2. The molecule has 2 heterocycles. The van der Waals surface area contributed by atoms with E-state index in [4.69, 9.17) is 4.98 Å². The minimum Gasteiger partial charge on any atom is -0.338 e. The molecular weight excluding hydrogens is 396 g/mol. The van der Waals surface area contributed by atoms with Crippen molar-refractivity contribution >= 4 is 33.5 Å². The van der Waals surface area contributed by atoms with Crippen LogP contribution in [0.1, 0.15) is 42.3 Å². The molecule has 6 nitrogen and oxygen atoms in total. The van der Waals surface area contributed by atoms with Gasteiger partial charge in [-0.25, -0.2) is 9.78 Å². The standard InChI is InChI=1S/C23H26N4O2S/c1-2-24-23(29)26-21(28)20(16-8-4-3-5-9-16)27-14-12-17(13-15-27)22-25-18-10-6-7-11-19(18)30-22/h3-11,17,20H,2,12-15H2,1H3,(H2,24,26,28,29)/t20-/m1/s1. The van der Waals surface area contributed by atoms with E-state index < -0.39 is 12.1 Å². The van der Waals surface area contributed by atoms with Crippen LogP contribution in [0.15, 0.2) is 54.6 Å². The molecule has 3 aromatic rings. The van der Waals surface area contributed by atoms with Crippen molar-refractivity contribution in [3.8, 4) is 0 Å². The average molecular weight is 423 g/mol. The number of thiazole rings is 1. The number of likely N-dealkylation sites (tertiary alicyclic amines) is 1. The molecule has 0 radical (unpaired) electrons. The first kappa shape index (κ1) is 20.5. The third-order valence-corrected chi connectivity index (χ3v) is 6.69. The monoisotopic (exact) mass is 422 g/mol. The van der Waals surface area contributed by atoms with Crippen molar-refractivity contribution in [3.05, 3.63) is 65.2 Å². The van der Waals surface area contributed by atoms with E-state index in [0.717, 1.165) is 37.0 Å². The van der Waals surface area contributed by atoms with Crippen LogP contribution >= 0.6 is 11.3 Å². The lowest BCUT2D eigenvalue weighted by molar-refractivity contribution is -0.126. The fourth-order valence-electron chi connectivity index (χ4n) is 4.02. The molecule has 2 N–H and O–H groups in total. The van der Waals surface area contributed by atoms with Crippen molar-refractivity contribution in [1.82, 2.24) is 20.5 Å². The number of amides is 3. The Hall–Kier alpha value is -2.77. The highest BCUT2D eigenvalue weighted by Gasteiger charge is 2.33. The molecule has 156 valence electrons. The lowest BCUT2D eigenvalue weighted by atomic mass is 9.94. The zero-order valence-corrected chi connectivity index (χ0v) is 17.8. The molecule has 4 rings (SSSR count). The largest absolute Gasteiger partial charge is 0.338 e. The minimum atomic E-state index is -0.481. The van der Waals surface area contributed by atoms with Gasteiger partial charge in [-0.05, 0) is 50.6 Å². The van der Waals surface area contributed by atoms with Gasteiger partial charge in [-0.15, -0.1) is 11.3 Å². The van der Waals surface area contributed by atoms with Gasteiger partial charge < -0.3 is 5.32 Å². The lowest BCUT2D eigenvalue weighted by Crippen LogP contribution is -2.48. The zero-order valence-electron chi connectivity index (χ0n) is 17.0. The molecule has 0 bridgehead atoms. The molecule has 0 aliphatic carbocycles. The first-order valence-corrected chi connectivity index (χ1v) is 11.2. The van der Waals surface area contributed by atoms with Gasteiger partial charge in [0.25, 0.3) is 0 Å². The molecule has 7 heteroatoms. The topological polar surface area (TPSA) is 74.3 Å². The van der Waals surface area contributed by atoms with Crippen molar-refractivity contribution in [2.45, 2.75) is 31.7 Å². The highest BCUT2D eigenvalue weighted by Crippen LogP contribution is 2.36. The molecule has 0 spiro atoms. The fourth-order valence-corrected chi connectivity index (χ4v) is 5.15. The second-order valence-electron chi connectivity index (χ2n) is 7.49. The van der Waals surface area contributed by atoms with Crippen molar-refractivity contribution < 1.29 is 9.59 Å². The predicted octanol–water partition coefficient (Wildman–Crippen LogP) is 4.06. The summed E-state index contributed by atoms with van der Waals surface area (Å²) in [4.78, 5) is 31.9. The summed E-state index contributed by atoms with van der Waals surface area (Å²) in [6.45, 7) is 3.86. The van der Waals surface area contributed by atoms with Crippen LogP contribution in [-0.4, -0.2) is 41.5 Å². The molecule has 0 saturated carbocycles. The zero-order chi connectivity index (χ0) is 20.9. The van der Waals surface area contributed by atoms with E-state index in [-0.39, 0.29) is 5.91 Å².